The van der Waals surface area contributed by atoms with Crippen LogP contribution in [0.15, 0.2) is 30.3 Å². The van der Waals surface area contributed by atoms with Crippen LogP contribution in [0.4, 0.5) is 0 Å². The summed E-state index contributed by atoms with van der Waals surface area (Å²) in [4.78, 5) is 14.3. The topological polar surface area (TPSA) is 48.0 Å². The molecule has 0 saturated carbocycles. The molecule has 140 valence electrons. The van der Waals surface area contributed by atoms with Gasteiger partial charge in [-0.25, -0.2) is 0 Å². The molecule has 0 bridgehead atoms. The molecule has 0 atom stereocenters. The first-order valence-electron chi connectivity index (χ1n) is 8.49. The number of likely N-dealkylation sites (N-methyl/N-ethyl adjacent to an activating group) is 1. The van der Waals surface area contributed by atoms with Crippen LogP contribution in [0.25, 0.3) is 0 Å². The lowest BCUT2D eigenvalue weighted by atomic mass is 10.0. The van der Waals surface area contributed by atoms with Crippen LogP contribution >= 0.6 is 0 Å². The molecule has 2 aromatic carbocycles. The van der Waals surface area contributed by atoms with Gasteiger partial charge in [0.05, 0.1) is 27.8 Å². The third-order valence-electron chi connectivity index (χ3n) is 4.55. The quantitative estimate of drug-likeness (QED) is 0.761. The zero-order valence-corrected chi connectivity index (χ0v) is 16.4. The average Bonchev–Trinajstić information content (AvgIpc) is 2.63. The Balaban J connectivity index is 2.16. The third kappa shape index (κ3) is 4.28. The number of nitrogens with zero attached hydrogens (tertiary/aromatic N) is 1. The number of hydrogen-bond donors (Lipinski definition) is 0. The van der Waals surface area contributed by atoms with Crippen molar-refractivity contribution in [1.82, 2.24) is 4.90 Å². The zero-order valence-electron chi connectivity index (χ0n) is 16.4. The summed E-state index contributed by atoms with van der Waals surface area (Å²) in [5.41, 5.74) is 4.30. The molecule has 5 heteroatoms. The van der Waals surface area contributed by atoms with E-state index in [1.807, 2.05) is 18.2 Å². The number of aryl methyl sites for hydroxylation is 2. The van der Waals surface area contributed by atoms with E-state index in [1.54, 1.807) is 33.3 Å². The van der Waals surface area contributed by atoms with E-state index in [2.05, 4.69) is 26.0 Å². The molecule has 26 heavy (non-hydrogen) atoms. The van der Waals surface area contributed by atoms with Gasteiger partial charge >= 0.3 is 0 Å². The minimum atomic E-state index is 0.0464. The molecule has 0 aliphatic carbocycles. The fourth-order valence-electron chi connectivity index (χ4n) is 2.85. The maximum atomic E-state index is 12.6. The molecule has 0 fully saturated rings. The van der Waals surface area contributed by atoms with Gasteiger partial charge in [0.25, 0.3) is 0 Å². The maximum absolute atomic E-state index is 12.6. The van der Waals surface area contributed by atoms with Gasteiger partial charge in [-0.2, -0.15) is 0 Å². The minimum Gasteiger partial charge on any atom is -0.493 e. The van der Waals surface area contributed by atoms with Gasteiger partial charge in [-0.1, -0.05) is 18.2 Å². The van der Waals surface area contributed by atoms with Crippen molar-refractivity contribution in [3.05, 3.63) is 52.6 Å². The largest absolute Gasteiger partial charge is 0.493 e. The van der Waals surface area contributed by atoms with Gasteiger partial charge in [-0.15, -0.1) is 0 Å². The zero-order chi connectivity index (χ0) is 19.3. The second-order valence-corrected chi connectivity index (χ2v) is 6.34. The van der Waals surface area contributed by atoms with Crippen molar-refractivity contribution in [2.45, 2.75) is 26.8 Å². The number of amides is 1. The van der Waals surface area contributed by atoms with Crippen molar-refractivity contribution in [2.75, 3.05) is 28.4 Å². The smallest absolute Gasteiger partial charge is 0.227 e. The Bertz CT molecular complexity index is 786. The summed E-state index contributed by atoms with van der Waals surface area (Å²) in [6, 6.07) is 9.83. The van der Waals surface area contributed by atoms with Crippen LogP contribution in [0, 0.1) is 13.8 Å². The molecule has 0 radical (unpaired) electrons. The fraction of sp³-hybridized carbons (Fsp3) is 0.381. The summed E-state index contributed by atoms with van der Waals surface area (Å²) in [6.45, 7) is 4.55. The van der Waals surface area contributed by atoms with E-state index < -0.39 is 0 Å². The van der Waals surface area contributed by atoms with Gasteiger partial charge in [0, 0.05) is 19.2 Å². The van der Waals surface area contributed by atoms with E-state index >= 15 is 0 Å². The number of ether oxygens (including phenoxy) is 3. The molecule has 0 aliphatic heterocycles. The lowest BCUT2D eigenvalue weighted by Gasteiger charge is -2.21. The molecule has 0 aliphatic rings. The summed E-state index contributed by atoms with van der Waals surface area (Å²) in [5.74, 6) is 1.75. The van der Waals surface area contributed by atoms with Crippen molar-refractivity contribution in [2.24, 2.45) is 0 Å². The van der Waals surface area contributed by atoms with Crippen LogP contribution in [-0.2, 0) is 17.8 Å². The number of rotatable bonds is 7. The molecule has 2 rings (SSSR count). The van der Waals surface area contributed by atoms with E-state index in [9.17, 15) is 4.79 Å². The van der Waals surface area contributed by atoms with Gasteiger partial charge in [0.1, 0.15) is 0 Å². The van der Waals surface area contributed by atoms with Gasteiger partial charge in [0.2, 0.25) is 11.7 Å². The second-order valence-electron chi connectivity index (χ2n) is 6.34. The first-order chi connectivity index (χ1) is 12.4. The molecule has 5 nitrogen and oxygen atoms in total. The molecule has 0 heterocycles. The van der Waals surface area contributed by atoms with Crippen molar-refractivity contribution in [3.63, 3.8) is 0 Å². The Morgan fingerprint density at radius 2 is 1.62 bits per heavy atom. The van der Waals surface area contributed by atoms with Crippen molar-refractivity contribution in [3.8, 4) is 17.2 Å². The Morgan fingerprint density at radius 3 is 2.19 bits per heavy atom. The van der Waals surface area contributed by atoms with E-state index in [4.69, 9.17) is 14.2 Å². The van der Waals surface area contributed by atoms with Crippen LogP contribution in [0.3, 0.4) is 0 Å². The molecule has 0 aromatic heterocycles. The van der Waals surface area contributed by atoms with Gasteiger partial charge < -0.3 is 19.1 Å². The predicted molar refractivity (Wildman–Crippen MR) is 102 cm³/mol. The van der Waals surface area contributed by atoms with Crippen LogP contribution in [0.5, 0.6) is 17.2 Å². The van der Waals surface area contributed by atoms with E-state index in [0.29, 0.717) is 30.2 Å². The predicted octanol–water partition coefficient (Wildman–Crippen LogP) is 3.53. The summed E-state index contributed by atoms with van der Waals surface area (Å²) in [6.07, 6.45) is 0.368. The monoisotopic (exact) mass is 357 g/mol. The maximum Gasteiger partial charge on any atom is 0.227 e. The third-order valence-corrected chi connectivity index (χ3v) is 4.55. The SMILES string of the molecule is COc1ccc(CN(C)C(=O)Cc2ccc(C)c(C)c2)c(OC)c1OC. The van der Waals surface area contributed by atoms with Crippen molar-refractivity contribution >= 4 is 5.91 Å². The molecule has 1 amide bonds. The lowest BCUT2D eigenvalue weighted by molar-refractivity contribution is -0.129. The van der Waals surface area contributed by atoms with E-state index in [1.165, 1.54) is 11.1 Å². The highest BCUT2D eigenvalue weighted by Gasteiger charge is 2.19. The average molecular weight is 357 g/mol. The van der Waals surface area contributed by atoms with Crippen LogP contribution in [0.2, 0.25) is 0 Å². The Hall–Kier alpha value is -2.69. The number of carbonyl (C=O) groups is 1. The summed E-state index contributed by atoms with van der Waals surface area (Å²) < 4.78 is 16.2. The lowest BCUT2D eigenvalue weighted by Crippen LogP contribution is -2.28. The standard InChI is InChI=1S/C21H27NO4/c1-14-7-8-16(11-15(14)2)12-19(23)22(3)13-17-9-10-18(24-4)21(26-6)20(17)25-5/h7-11H,12-13H2,1-6H3. The summed E-state index contributed by atoms with van der Waals surface area (Å²) in [7, 11) is 6.52. The number of methoxy groups -OCH3 is 3. The van der Waals surface area contributed by atoms with E-state index in [-0.39, 0.29) is 5.91 Å². The van der Waals surface area contributed by atoms with E-state index in [0.717, 1.165) is 11.1 Å². The summed E-state index contributed by atoms with van der Waals surface area (Å²) in [5, 5.41) is 0. The highest BCUT2D eigenvalue weighted by Crippen LogP contribution is 2.40. The highest BCUT2D eigenvalue weighted by atomic mass is 16.5. The van der Waals surface area contributed by atoms with Gasteiger partial charge in [0.15, 0.2) is 11.5 Å². The van der Waals surface area contributed by atoms with Crippen molar-refractivity contribution < 1.29 is 19.0 Å². The fourth-order valence-corrected chi connectivity index (χ4v) is 2.85. The number of benzene rings is 2. The van der Waals surface area contributed by atoms with Crippen LogP contribution in [-0.4, -0.2) is 39.2 Å². The molecule has 0 spiro atoms. The first kappa shape index (κ1) is 19.6. The Labute approximate surface area is 155 Å². The Kier molecular flexibility index (Phi) is 6.50. The first-order valence-corrected chi connectivity index (χ1v) is 8.49. The molecular formula is C21H27NO4. The van der Waals surface area contributed by atoms with Gasteiger partial charge in [-0.05, 0) is 42.7 Å². The molecule has 0 N–H and O–H groups in total. The summed E-state index contributed by atoms with van der Waals surface area (Å²) >= 11 is 0. The second kappa shape index (κ2) is 8.61. The van der Waals surface area contributed by atoms with Crippen LogP contribution in [0.1, 0.15) is 22.3 Å². The van der Waals surface area contributed by atoms with Crippen molar-refractivity contribution in [1.29, 1.82) is 0 Å². The van der Waals surface area contributed by atoms with Gasteiger partial charge in [-0.3, -0.25) is 4.79 Å². The molecule has 2 aromatic rings. The minimum absolute atomic E-state index is 0.0464. The number of carbonyl (C=O) groups excluding carboxylic acids is 1. The highest BCUT2D eigenvalue weighted by molar-refractivity contribution is 5.78. The van der Waals surface area contributed by atoms with Crippen LogP contribution < -0.4 is 14.2 Å². The molecule has 0 saturated heterocycles. The molecule has 0 unspecified atom stereocenters. The molecular weight excluding hydrogens is 330 g/mol. The normalized spacial score (nSPS) is 10.4. The number of hydrogen-bond acceptors (Lipinski definition) is 4. The Morgan fingerprint density at radius 1 is 0.923 bits per heavy atom.